The van der Waals surface area contributed by atoms with E-state index >= 15 is 0 Å². The lowest BCUT2D eigenvalue weighted by atomic mass is 9.99. The van der Waals surface area contributed by atoms with E-state index in [0.717, 1.165) is 17.3 Å². The number of aromatic carboxylic acids is 1. The van der Waals surface area contributed by atoms with Crippen LogP contribution < -0.4 is 10.6 Å². The van der Waals surface area contributed by atoms with Gasteiger partial charge in [-0.25, -0.2) is 4.79 Å². The summed E-state index contributed by atoms with van der Waals surface area (Å²) in [4.78, 5) is 24.6. The van der Waals surface area contributed by atoms with Crippen molar-refractivity contribution in [2.45, 2.75) is 25.3 Å². The van der Waals surface area contributed by atoms with Gasteiger partial charge in [-0.05, 0) is 37.5 Å². The molecule has 102 valence electrons. The molecule has 2 rings (SSSR count). The van der Waals surface area contributed by atoms with E-state index in [1.54, 1.807) is 17.0 Å². The molecule has 5 nitrogen and oxygen atoms in total. The monoisotopic (exact) mass is 326 g/mol. The van der Waals surface area contributed by atoms with Crippen LogP contribution in [0.15, 0.2) is 22.7 Å². The van der Waals surface area contributed by atoms with Crippen LogP contribution in [0.4, 0.5) is 5.69 Å². The smallest absolute Gasteiger partial charge is 0.337 e. The molecule has 1 aliphatic rings. The van der Waals surface area contributed by atoms with E-state index in [1.807, 2.05) is 0 Å². The van der Waals surface area contributed by atoms with Crippen molar-refractivity contribution in [1.29, 1.82) is 0 Å². The molecule has 1 heterocycles. The van der Waals surface area contributed by atoms with Crippen LogP contribution in [-0.4, -0.2) is 29.6 Å². The molecular weight excluding hydrogens is 312 g/mol. The summed E-state index contributed by atoms with van der Waals surface area (Å²) in [7, 11) is 0. The topological polar surface area (TPSA) is 83.6 Å². The molecule has 19 heavy (non-hydrogen) atoms. The van der Waals surface area contributed by atoms with Crippen molar-refractivity contribution in [3.05, 3.63) is 28.2 Å². The number of carboxylic acids is 1. The highest BCUT2D eigenvalue weighted by Crippen LogP contribution is 2.30. The Kier molecular flexibility index (Phi) is 4.09. The molecule has 1 aromatic carbocycles. The number of piperidine rings is 1. The fourth-order valence-electron chi connectivity index (χ4n) is 2.44. The van der Waals surface area contributed by atoms with Gasteiger partial charge in [0.15, 0.2) is 0 Å². The van der Waals surface area contributed by atoms with E-state index in [9.17, 15) is 14.7 Å². The summed E-state index contributed by atoms with van der Waals surface area (Å²) in [6, 6.07) is 4.51. The molecule has 0 aliphatic carbocycles. The number of amides is 1. The van der Waals surface area contributed by atoms with Crippen LogP contribution in [0.3, 0.4) is 0 Å². The number of nitrogens with zero attached hydrogens (tertiary/aromatic N) is 1. The quantitative estimate of drug-likeness (QED) is 0.889. The van der Waals surface area contributed by atoms with Crippen LogP contribution in [0.2, 0.25) is 0 Å². The number of rotatable bonds is 3. The van der Waals surface area contributed by atoms with Gasteiger partial charge in [0.05, 0.1) is 11.3 Å². The fraction of sp³-hybridized carbons (Fsp3) is 0.385. The minimum atomic E-state index is -1.00. The number of benzene rings is 1. The average Bonchev–Trinajstić information content (AvgIpc) is 2.38. The Bertz CT molecular complexity index is 519. The van der Waals surface area contributed by atoms with Gasteiger partial charge in [-0.3, -0.25) is 4.79 Å². The van der Waals surface area contributed by atoms with E-state index in [4.69, 9.17) is 5.73 Å². The molecule has 0 saturated carbocycles. The summed E-state index contributed by atoms with van der Waals surface area (Å²) in [5.74, 6) is -1.41. The molecule has 1 amide bonds. The Morgan fingerprint density at radius 2 is 2.11 bits per heavy atom. The van der Waals surface area contributed by atoms with Gasteiger partial charge in [-0.2, -0.15) is 0 Å². The second-order valence-electron chi connectivity index (χ2n) is 4.57. The number of hydrogen-bond acceptors (Lipinski definition) is 3. The largest absolute Gasteiger partial charge is 0.478 e. The molecule has 1 aromatic rings. The molecule has 1 atom stereocenters. The molecular formula is C13H15BrN2O3. The lowest BCUT2D eigenvalue weighted by Crippen LogP contribution is -2.48. The minimum Gasteiger partial charge on any atom is -0.478 e. The maximum Gasteiger partial charge on any atom is 0.337 e. The van der Waals surface area contributed by atoms with Gasteiger partial charge in [-0.1, -0.05) is 15.9 Å². The lowest BCUT2D eigenvalue weighted by molar-refractivity contribution is -0.119. The van der Waals surface area contributed by atoms with E-state index in [0.29, 0.717) is 18.7 Å². The van der Waals surface area contributed by atoms with Gasteiger partial charge in [-0.15, -0.1) is 0 Å². The molecule has 1 fully saturated rings. The van der Waals surface area contributed by atoms with Crippen molar-refractivity contribution in [2.24, 2.45) is 5.73 Å². The number of nitrogens with two attached hydrogens (primary N) is 1. The first-order valence-corrected chi connectivity index (χ1v) is 6.89. The zero-order valence-electron chi connectivity index (χ0n) is 10.3. The Morgan fingerprint density at radius 1 is 1.37 bits per heavy atom. The van der Waals surface area contributed by atoms with Gasteiger partial charge in [0.1, 0.15) is 6.04 Å². The normalized spacial score (nSPS) is 19.2. The molecule has 0 spiro atoms. The van der Waals surface area contributed by atoms with Crippen molar-refractivity contribution in [3.8, 4) is 0 Å². The number of hydrogen-bond donors (Lipinski definition) is 2. The van der Waals surface area contributed by atoms with Crippen molar-refractivity contribution >= 4 is 33.5 Å². The summed E-state index contributed by atoms with van der Waals surface area (Å²) >= 11 is 3.33. The standard InChI is InChI=1S/C13H15BrN2O3/c14-8-4-5-9(13(18)19)11(7-8)16-6-2-1-3-10(16)12(15)17/h4-5,7,10H,1-3,6H2,(H2,15,17)(H,18,19). The summed E-state index contributed by atoms with van der Waals surface area (Å²) < 4.78 is 0.779. The summed E-state index contributed by atoms with van der Waals surface area (Å²) in [5, 5.41) is 9.25. The van der Waals surface area contributed by atoms with Gasteiger partial charge < -0.3 is 15.7 Å². The first-order chi connectivity index (χ1) is 9.00. The van der Waals surface area contributed by atoms with Crippen molar-refractivity contribution in [3.63, 3.8) is 0 Å². The second-order valence-corrected chi connectivity index (χ2v) is 5.49. The third-order valence-electron chi connectivity index (χ3n) is 3.33. The van der Waals surface area contributed by atoms with Crippen molar-refractivity contribution in [2.75, 3.05) is 11.4 Å². The first kappa shape index (κ1) is 13.9. The van der Waals surface area contributed by atoms with E-state index in [2.05, 4.69) is 15.9 Å². The third kappa shape index (κ3) is 2.89. The highest BCUT2D eigenvalue weighted by molar-refractivity contribution is 9.10. The zero-order valence-corrected chi connectivity index (χ0v) is 11.9. The predicted octanol–water partition coefficient (Wildman–Crippen LogP) is 1.99. The number of carbonyl (C=O) groups is 2. The second kappa shape index (κ2) is 5.61. The SMILES string of the molecule is NC(=O)C1CCCCN1c1cc(Br)ccc1C(=O)O. The molecule has 3 N–H and O–H groups in total. The number of primary amides is 1. The van der Waals surface area contributed by atoms with Crippen LogP contribution in [0, 0.1) is 0 Å². The van der Waals surface area contributed by atoms with Gasteiger partial charge in [0.2, 0.25) is 5.91 Å². The average molecular weight is 327 g/mol. The molecule has 6 heteroatoms. The highest BCUT2D eigenvalue weighted by atomic mass is 79.9. The third-order valence-corrected chi connectivity index (χ3v) is 3.82. The number of halogens is 1. The van der Waals surface area contributed by atoms with Crippen LogP contribution in [0.1, 0.15) is 29.6 Å². The number of anilines is 1. The van der Waals surface area contributed by atoms with Crippen LogP contribution >= 0.6 is 15.9 Å². The van der Waals surface area contributed by atoms with Crippen molar-refractivity contribution in [1.82, 2.24) is 0 Å². The van der Waals surface area contributed by atoms with E-state index < -0.39 is 17.9 Å². The molecule has 1 aliphatic heterocycles. The Labute approximate surface area is 119 Å². The Hall–Kier alpha value is -1.56. The van der Waals surface area contributed by atoms with Crippen LogP contribution in [0.5, 0.6) is 0 Å². The van der Waals surface area contributed by atoms with Crippen molar-refractivity contribution < 1.29 is 14.7 Å². The summed E-state index contributed by atoms with van der Waals surface area (Å²) in [6.07, 6.45) is 2.52. The maximum absolute atomic E-state index is 11.5. The van der Waals surface area contributed by atoms with Crippen LogP contribution in [0.25, 0.3) is 0 Å². The molecule has 1 unspecified atom stereocenters. The fourth-order valence-corrected chi connectivity index (χ4v) is 2.79. The van der Waals surface area contributed by atoms with Gasteiger partial charge in [0.25, 0.3) is 0 Å². The lowest BCUT2D eigenvalue weighted by Gasteiger charge is -2.36. The number of carbonyl (C=O) groups excluding carboxylic acids is 1. The predicted molar refractivity (Wildman–Crippen MR) is 75.3 cm³/mol. The zero-order chi connectivity index (χ0) is 14.0. The first-order valence-electron chi connectivity index (χ1n) is 6.09. The maximum atomic E-state index is 11.5. The molecule has 0 bridgehead atoms. The Balaban J connectivity index is 2.46. The molecule has 0 radical (unpaired) electrons. The summed E-state index contributed by atoms with van der Waals surface area (Å²) in [5.41, 5.74) is 6.16. The van der Waals surface area contributed by atoms with E-state index in [1.165, 1.54) is 6.07 Å². The molecule has 0 aromatic heterocycles. The van der Waals surface area contributed by atoms with Crippen LogP contribution in [-0.2, 0) is 4.79 Å². The summed E-state index contributed by atoms with van der Waals surface area (Å²) in [6.45, 7) is 0.643. The highest BCUT2D eigenvalue weighted by Gasteiger charge is 2.29. The number of carboxylic acid groups (broad SMARTS) is 1. The van der Waals surface area contributed by atoms with E-state index in [-0.39, 0.29) is 5.56 Å². The molecule has 1 saturated heterocycles. The van der Waals surface area contributed by atoms with Gasteiger partial charge >= 0.3 is 5.97 Å². The minimum absolute atomic E-state index is 0.191. The Morgan fingerprint density at radius 3 is 2.74 bits per heavy atom. The van der Waals surface area contributed by atoms with Gasteiger partial charge in [0, 0.05) is 11.0 Å².